The fraction of sp³-hybridized carbons (Fsp3) is 0.524. The van der Waals surface area contributed by atoms with Crippen molar-refractivity contribution >= 4 is 20.0 Å². The van der Waals surface area contributed by atoms with Crippen molar-refractivity contribution in [1.29, 1.82) is 0 Å². The van der Waals surface area contributed by atoms with E-state index in [1.807, 2.05) is 0 Å². The highest BCUT2D eigenvalue weighted by Crippen LogP contribution is 2.37. The molecule has 1 aliphatic rings. The van der Waals surface area contributed by atoms with Crippen molar-refractivity contribution in [3.05, 3.63) is 50.3 Å². The van der Waals surface area contributed by atoms with E-state index in [0.29, 0.717) is 28.6 Å². The van der Waals surface area contributed by atoms with Gasteiger partial charge in [-0.1, -0.05) is 0 Å². The third-order valence-corrected chi connectivity index (χ3v) is 6.65. The van der Waals surface area contributed by atoms with Crippen LogP contribution in [0.1, 0.15) is 23.8 Å². The molecule has 1 fully saturated rings. The highest BCUT2D eigenvalue weighted by Gasteiger charge is 2.38. The van der Waals surface area contributed by atoms with E-state index in [9.17, 15) is 14.2 Å². The number of aromatic nitrogens is 2. The second-order valence-corrected chi connectivity index (χ2v) is 9.36. The maximum absolute atomic E-state index is 12.3. The molecule has 0 spiro atoms. The number of H-pyrrole nitrogens is 1. The maximum atomic E-state index is 12.3. The molecule has 2 unspecified atom stereocenters. The van der Waals surface area contributed by atoms with E-state index < -0.39 is 37.9 Å². The Kier molecular flexibility index (Phi) is 9.84. The van der Waals surface area contributed by atoms with Crippen LogP contribution >= 0.6 is 20.0 Å². The zero-order valence-electron chi connectivity index (χ0n) is 19.8. The van der Waals surface area contributed by atoms with Crippen molar-refractivity contribution in [3.63, 3.8) is 0 Å². The first-order valence-electron chi connectivity index (χ1n) is 10.6. The van der Waals surface area contributed by atoms with Gasteiger partial charge in [-0.25, -0.2) is 4.79 Å². The summed E-state index contributed by atoms with van der Waals surface area (Å²) in [5.41, 5.74) is 0.0917. The van der Waals surface area contributed by atoms with Crippen LogP contribution in [0, 0.1) is 6.92 Å². The minimum Gasteiger partial charge on any atom is -0.496 e. The fourth-order valence-corrected chi connectivity index (χ4v) is 4.80. The van der Waals surface area contributed by atoms with Gasteiger partial charge in [0.1, 0.15) is 29.6 Å². The molecule has 12 nitrogen and oxygen atoms in total. The van der Waals surface area contributed by atoms with Crippen molar-refractivity contribution in [2.75, 3.05) is 33.9 Å². The largest absolute Gasteiger partial charge is 0.496 e. The highest BCUT2D eigenvalue weighted by molar-refractivity contribution is 7.98. The molecule has 0 amide bonds. The second-order valence-electron chi connectivity index (χ2n) is 7.60. The molecule has 194 valence electrons. The molecule has 0 aliphatic carbocycles. The van der Waals surface area contributed by atoms with Crippen LogP contribution in [0.4, 0.5) is 0 Å². The molecule has 2 aromatic rings. The minimum atomic E-state index is -3.17. The predicted octanol–water partition coefficient (Wildman–Crippen LogP) is 1.83. The predicted molar refractivity (Wildman–Crippen MR) is 129 cm³/mol. The summed E-state index contributed by atoms with van der Waals surface area (Å²) in [6, 6.07) is 3.53. The number of aromatic amines is 1. The standard InChI is InChI=1S/C21H29N2O10PS/c1-12-8-23(21(25)22-20(12)24)19-7-17(18(33-19)9-32-34(26)27)31-11-35-10-14-15(29-3)5-13(28-2)6-16(14)30-4/h5-6,8,17-19,34H,7,9-11H2,1-4H3,(H,26,27)(H,22,24,25)/t17-,18?,19+/m0/s1. The van der Waals surface area contributed by atoms with E-state index >= 15 is 0 Å². The van der Waals surface area contributed by atoms with E-state index in [4.69, 9.17) is 33.1 Å². The number of nitrogens with one attached hydrogen (secondary N) is 1. The third kappa shape index (κ3) is 6.90. The average molecular weight is 533 g/mol. The van der Waals surface area contributed by atoms with Gasteiger partial charge in [-0.3, -0.25) is 18.9 Å². The Bertz CT molecular complexity index is 1130. The summed E-state index contributed by atoms with van der Waals surface area (Å²) in [5.74, 6) is 2.60. The molecule has 0 saturated carbocycles. The number of nitrogens with zero attached hydrogens (tertiary/aromatic N) is 1. The number of rotatable bonds is 12. The summed E-state index contributed by atoms with van der Waals surface area (Å²) in [4.78, 5) is 35.3. The van der Waals surface area contributed by atoms with E-state index in [-0.39, 0.29) is 19.0 Å². The van der Waals surface area contributed by atoms with Crippen LogP contribution in [0.5, 0.6) is 17.2 Å². The van der Waals surface area contributed by atoms with Gasteiger partial charge in [-0.05, 0) is 6.92 Å². The molecule has 0 bridgehead atoms. The third-order valence-electron chi connectivity index (χ3n) is 5.44. The van der Waals surface area contributed by atoms with E-state index in [2.05, 4.69) is 4.98 Å². The summed E-state index contributed by atoms with van der Waals surface area (Å²) >= 11 is 1.46. The Balaban J connectivity index is 1.68. The smallest absolute Gasteiger partial charge is 0.330 e. The molecule has 2 heterocycles. The van der Waals surface area contributed by atoms with Gasteiger partial charge in [-0.2, -0.15) is 0 Å². The number of aryl methyl sites for hydroxylation is 1. The van der Waals surface area contributed by atoms with Gasteiger partial charge in [0.15, 0.2) is 0 Å². The summed E-state index contributed by atoms with van der Waals surface area (Å²) < 4.78 is 45.3. The van der Waals surface area contributed by atoms with Gasteiger partial charge in [0.05, 0.1) is 40.0 Å². The van der Waals surface area contributed by atoms with Gasteiger partial charge >= 0.3 is 13.9 Å². The molecule has 14 heteroatoms. The van der Waals surface area contributed by atoms with Crippen LogP contribution in [0.2, 0.25) is 0 Å². The van der Waals surface area contributed by atoms with Crippen molar-refractivity contribution in [2.24, 2.45) is 0 Å². The first kappa shape index (κ1) is 27.3. The normalized spacial score (nSPS) is 20.5. The Morgan fingerprint density at radius 2 is 1.89 bits per heavy atom. The lowest BCUT2D eigenvalue weighted by Gasteiger charge is -2.19. The van der Waals surface area contributed by atoms with Gasteiger partial charge < -0.3 is 33.1 Å². The van der Waals surface area contributed by atoms with E-state index in [0.717, 1.165) is 5.56 Å². The lowest BCUT2D eigenvalue weighted by molar-refractivity contribution is -0.0510. The van der Waals surface area contributed by atoms with Gasteiger partial charge in [0.25, 0.3) is 5.56 Å². The van der Waals surface area contributed by atoms with Gasteiger partial charge in [-0.15, -0.1) is 11.8 Å². The first-order valence-corrected chi connectivity index (χ1v) is 13.0. The van der Waals surface area contributed by atoms with Gasteiger partial charge in [0, 0.05) is 41.6 Å². The Morgan fingerprint density at radius 3 is 2.49 bits per heavy atom. The molecule has 1 aliphatic heterocycles. The zero-order chi connectivity index (χ0) is 25.5. The molecular formula is C21H29N2O10PS. The number of benzene rings is 1. The summed E-state index contributed by atoms with van der Waals surface area (Å²) in [6.45, 7) is 1.39. The molecule has 1 aromatic carbocycles. The Labute approximate surface area is 206 Å². The molecule has 1 aromatic heterocycles. The monoisotopic (exact) mass is 532 g/mol. The summed E-state index contributed by atoms with van der Waals surface area (Å²) in [5, 5.41) is 0. The molecule has 0 radical (unpaired) electrons. The van der Waals surface area contributed by atoms with Crippen LogP contribution in [-0.4, -0.2) is 60.5 Å². The SMILES string of the molecule is COc1cc(OC)c(CSCO[C@H]2C[C@H](n3cc(C)c(=O)[nH]c3=O)OC2CO[PH](=O)O)c(OC)c1. The van der Waals surface area contributed by atoms with E-state index in [1.165, 1.54) is 22.5 Å². The first-order chi connectivity index (χ1) is 16.8. The lowest BCUT2D eigenvalue weighted by atomic mass is 10.2. The van der Waals surface area contributed by atoms with Crippen molar-refractivity contribution < 1.29 is 37.7 Å². The fourth-order valence-electron chi connectivity index (χ4n) is 3.65. The number of ether oxygens (including phenoxy) is 5. The van der Waals surface area contributed by atoms with E-state index in [1.54, 1.807) is 40.4 Å². The Hall–Kier alpha value is -2.28. The van der Waals surface area contributed by atoms with Crippen molar-refractivity contribution in [2.45, 2.75) is 37.5 Å². The lowest BCUT2D eigenvalue weighted by Crippen LogP contribution is -2.33. The number of hydrogen-bond acceptors (Lipinski definition) is 10. The molecule has 3 rings (SSSR count). The Morgan fingerprint density at radius 1 is 1.20 bits per heavy atom. The topological polar surface area (TPSA) is 148 Å². The van der Waals surface area contributed by atoms with Crippen LogP contribution < -0.4 is 25.5 Å². The number of hydrogen-bond donors (Lipinski definition) is 2. The van der Waals surface area contributed by atoms with Crippen LogP contribution in [0.25, 0.3) is 0 Å². The molecule has 35 heavy (non-hydrogen) atoms. The molecule has 4 atom stereocenters. The average Bonchev–Trinajstić information content (AvgIpc) is 3.24. The maximum Gasteiger partial charge on any atom is 0.330 e. The highest BCUT2D eigenvalue weighted by atomic mass is 32.2. The second kappa shape index (κ2) is 12.6. The quantitative estimate of drug-likeness (QED) is 0.234. The minimum absolute atomic E-state index is 0.183. The summed E-state index contributed by atoms with van der Waals surface area (Å²) in [7, 11) is 1.51. The van der Waals surface area contributed by atoms with Crippen molar-refractivity contribution in [3.8, 4) is 17.2 Å². The number of thioether (sulfide) groups is 1. The zero-order valence-corrected chi connectivity index (χ0v) is 21.6. The van der Waals surface area contributed by atoms with Gasteiger partial charge in [0.2, 0.25) is 0 Å². The molecule has 1 saturated heterocycles. The van der Waals surface area contributed by atoms with Crippen LogP contribution in [0.3, 0.4) is 0 Å². The van der Waals surface area contributed by atoms with Crippen molar-refractivity contribution in [1.82, 2.24) is 9.55 Å². The molecular weight excluding hydrogens is 503 g/mol. The number of methoxy groups -OCH3 is 3. The molecule has 2 N–H and O–H groups in total. The summed E-state index contributed by atoms with van der Waals surface area (Å²) in [6.07, 6.45) is -0.248. The van der Waals surface area contributed by atoms with Crippen LogP contribution in [-0.2, 0) is 24.3 Å². The van der Waals surface area contributed by atoms with Crippen LogP contribution in [0.15, 0.2) is 27.9 Å².